The summed E-state index contributed by atoms with van der Waals surface area (Å²) in [4.78, 5) is 0. The van der Waals surface area contributed by atoms with Crippen molar-refractivity contribution in [2.45, 2.75) is 64.7 Å². The van der Waals surface area contributed by atoms with E-state index in [1.54, 1.807) is 0 Å². The van der Waals surface area contributed by atoms with Gasteiger partial charge in [-0.1, -0.05) is 80.1 Å². The van der Waals surface area contributed by atoms with Gasteiger partial charge in [-0.25, -0.2) is 0 Å². The standard InChI is InChI=1S/C18H29BrO/c1-16(2)17-12-8-9-13-18(17)20-15-11-7-5-3-4-6-10-14-19/h8-9,12-13,16H,3-7,10-11,14-15H2,1-2H3. The Morgan fingerprint density at radius 2 is 1.50 bits per heavy atom. The average Bonchev–Trinajstić information content (AvgIpc) is 2.46. The molecular formula is C18H29BrO. The number of ether oxygens (including phenoxy) is 1. The highest BCUT2D eigenvalue weighted by Gasteiger charge is 2.06. The molecule has 0 unspecified atom stereocenters. The molecule has 2 heteroatoms. The zero-order valence-electron chi connectivity index (χ0n) is 13.0. The van der Waals surface area contributed by atoms with Gasteiger partial charge in [0.2, 0.25) is 0 Å². The molecule has 1 aromatic carbocycles. The third-order valence-corrected chi connectivity index (χ3v) is 4.14. The van der Waals surface area contributed by atoms with Gasteiger partial charge in [-0.05, 0) is 30.4 Å². The van der Waals surface area contributed by atoms with E-state index in [0.29, 0.717) is 5.92 Å². The molecule has 0 N–H and O–H groups in total. The summed E-state index contributed by atoms with van der Waals surface area (Å²) in [5.74, 6) is 1.60. The lowest BCUT2D eigenvalue weighted by Crippen LogP contribution is -2.01. The molecule has 0 aliphatic carbocycles. The van der Waals surface area contributed by atoms with Crippen molar-refractivity contribution >= 4 is 15.9 Å². The number of hydrogen-bond donors (Lipinski definition) is 0. The molecule has 0 heterocycles. The largest absolute Gasteiger partial charge is 0.493 e. The second-order valence-electron chi connectivity index (χ2n) is 5.70. The van der Waals surface area contributed by atoms with Gasteiger partial charge in [0.15, 0.2) is 0 Å². The van der Waals surface area contributed by atoms with Crippen LogP contribution in [0.15, 0.2) is 24.3 Å². The Labute approximate surface area is 133 Å². The van der Waals surface area contributed by atoms with Gasteiger partial charge in [-0.3, -0.25) is 0 Å². The molecule has 114 valence electrons. The van der Waals surface area contributed by atoms with Crippen LogP contribution < -0.4 is 4.74 Å². The SMILES string of the molecule is CC(C)c1ccccc1OCCCCCCCCCBr. The Balaban J connectivity index is 2.10. The molecule has 0 spiro atoms. The summed E-state index contributed by atoms with van der Waals surface area (Å²) in [6, 6.07) is 8.42. The van der Waals surface area contributed by atoms with Gasteiger partial charge in [-0.15, -0.1) is 0 Å². The number of unbranched alkanes of at least 4 members (excludes halogenated alkanes) is 6. The van der Waals surface area contributed by atoms with Crippen molar-refractivity contribution in [3.05, 3.63) is 29.8 Å². The highest BCUT2D eigenvalue weighted by Crippen LogP contribution is 2.26. The fraction of sp³-hybridized carbons (Fsp3) is 0.667. The summed E-state index contributed by atoms with van der Waals surface area (Å²) >= 11 is 3.47. The van der Waals surface area contributed by atoms with E-state index in [9.17, 15) is 0 Å². The van der Waals surface area contributed by atoms with E-state index in [4.69, 9.17) is 4.74 Å². The van der Waals surface area contributed by atoms with Crippen LogP contribution in [-0.4, -0.2) is 11.9 Å². The summed E-state index contributed by atoms with van der Waals surface area (Å²) in [5.41, 5.74) is 1.32. The van der Waals surface area contributed by atoms with E-state index < -0.39 is 0 Å². The van der Waals surface area contributed by atoms with Crippen LogP contribution in [0.4, 0.5) is 0 Å². The maximum absolute atomic E-state index is 5.94. The molecule has 0 saturated carbocycles. The van der Waals surface area contributed by atoms with Crippen LogP contribution in [0.5, 0.6) is 5.75 Å². The van der Waals surface area contributed by atoms with E-state index in [2.05, 4.69) is 54.0 Å². The smallest absolute Gasteiger partial charge is 0.122 e. The minimum atomic E-state index is 0.528. The number of benzene rings is 1. The summed E-state index contributed by atoms with van der Waals surface area (Å²) in [7, 11) is 0. The molecule has 0 aromatic heterocycles. The van der Waals surface area contributed by atoms with Crippen molar-refractivity contribution in [2.75, 3.05) is 11.9 Å². The highest BCUT2D eigenvalue weighted by molar-refractivity contribution is 9.09. The van der Waals surface area contributed by atoms with Gasteiger partial charge in [0.1, 0.15) is 5.75 Å². The zero-order valence-corrected chi connectivity index (χ0v) is 14.6. The molecule has 1 aromatic rings. The van der Waals surface area contributed by atoms with Crippen molar-refractivity contribution in [1.29, 1.82) is 0 Å². The Kier molecular flexibility index (Phi) is 9.82. The molecule has 0 bridgehead atoms. The minimum absolute atomic E-state index is 0.528. The maximum atomic E-state index is 5.94. The molecule has 0 aliphatic rings. The Bertz CT molecular complexity index is 349. The van der Waals surface area contributed by atoms with Crippen LogP contribution in [0.25, 0.3) is 0 Å². The van der Waals surface area contributed by atoms with Gasteiger partial charge in [0, 0.05) is 5.33 Å². The van der Waals surface area contributed by atoms with E-state index in [1.165, 1.54) is 50.5 Å². The van der Waals surface area contributed by atoms with Crippen molar-refractivity contribution < 1.29 is 4.74 Å². The van der Waals surface area contributed by atoms with Gasteiger partial charge in [0.25, 0.3) is 0 Å². The number of rotatable bonds is 11. The first-order chi connectivity index (χ1) is 9.75. The van der Waals surface area contributed by atoms with Gasteiger partial charge < -0.3 is 4.74 Å². The minimum Gasteiger partial charge on any atom is -0.493 e. The lowest BCUT2D eigenvalue weighted by Gasteiger charge is -2.13. The molecule has 20 heavy (non-hydrogen) atoms. The molecule has 0 saturated heterocycles. The molecule has 0 atom stereocenters. The van der Waals surface area contributed by atoms with E-state index in [1.807, 2.05) is 0 Å². The number of hydrogen-bond acceptors (Lipinski definition) is 1. The van der Waals surface area contributed by atoms with Crippen LogP contribution in [0, 0.1) is 0 Å². The van der Waals surface area contributed by atoms with Crippen molar-refractivity contribution in [1.82, 2.24) is 0 Å². The van der Waals surface area contributed by atoms with Crippen LogP contribution in [0.2, 0.25) is 0 Å². The number of alkyl halides is 1. The quantitative estimate of drug-likeness (QED) is 0.338. The topological polar surface area (TPSA) is 9.23 Å². The first kappa shape index (κ1) is 17.6. The molecule has 1 nitrogen and oxygen atoms in total. The summed E-state index contributed by atoms with van der Waals surface area (Å²) < 4.78 is 5.94. The third kappa shape index (κ3) is 7.33. The second-order valence-corrected chi connectivity index (χ2v) is 6.50. The molecule has 0 fully saturated rings. The van der Waals surface area contributed by atoms with Crippen LogP contribution >= 0.6 is 15.9 Å². The van der Waals surface area contributed by atoms with Gasteiger partial charge >= 0.3 is 0 Å². The fourth-order valence-electron chi connectivity index (χ4n) is 2.35. The fourth-order valence-corrected chi connectivity index (χ4v) is 2.75. The summed E-state index contributed by atoms with van der Waals surface area (Å²) in [6.45, 7) is 5.29. The predicted octanol–water partition coefficient (Wildman–Crippen LogP) is 6.31. The van der Waals surface area contributed by atoms with Crippen molar-refractivity contribution in [2.24, 2.45) is 0 Å². The lowest BCUT2D eigenvalue weighted by atomic mass is 10.0. The number of para-hydroxylation sites is 1. The van der Waals surface area contributed by atoms with Gasteiger partial charge in [0.05, 0.1) is 6.61 Å². The molecular weight excluding hydrogens is 312 g/mol. The molecule has 0 amide bonds. The Morgan fingerprint density at radius 3 is 2.15 bits per heavy atom. The highest BCUT2D eigenvalue weighted by atomic mass is 79.9. The van der Waals surface area contributed by atoms with E-state index in [-0.39, 0.29) is 0 Å². The van der Waals surface area contributed by atoms with Crippen molar-refractivity contribution in [3.8, 4) is 5.75 Å². The monoisotopic (exact) mass is 340 g/mol. The van der Waals surface area contributed by atoms with Gasteiger partial charge in [-0.2, -0.15) is 0 Å². The Morgan fingerprint density at radius 1 is 0.900 bits per heavy atom. The van der Waals surface area contributed by atoms with E-state index >= 15 is 0 Å². The lowest BCUT2D eigenvalue weighted by molar-refractivity contribution is 0.300. The van der Waals surface area contributed by atoms with Crippen molar-refractivity contribution in [3.63, 3.8) is 0 Å². The average molecular weight is 341 g/mol. The Hall–Kier alpha value is -0.500. The van der Waals surface area contributed by atoms with Crippen LogP contribution in [-0.2, 0) is 0 Å². The molecule has 1 rings (SSSR count). The molecule has 0 aliphatic heterocycles. The normalized spacial score (nSPS) is 11.0. The third-order valence-electron chi connectivity index (χ3n) is 3.58. The molecule has 0 radical (unpaired) electrons. The number of halogens is 1. The maximum Gasteiger partial charge on any atom is 0.122 e. The van der Waals surface area contributed by atoms with Crippen LogP contribution in [0.1, 0.15) is 70.3 Å². The zero-order chi connectivity index (χ0) is 14.6. The first-order valence-corrected chi connectivity index (χ1v) is 9.15. The summed E-state index contributed by atoms with van der Waals surface area (Å²) in [6.07, 6.45) is 9.23. The second kappa shape index (κ2) is 11.2. The first-order valence-electron chi connectivity index (χ1n) is 8.03. The van der Waals surface area contributed by atoms with Crippen LogP contribution in [0.3, 0.4) is 0 Å². The predicted molar refractivity (Wildman–Crippen MR) is 92.1 cm³/mol. The summed E-state index contributed by atoms with van der Waals surface area (Å²) in [5, 5.41) is 1.15. The van der Waals surface area contributed by atoms with E-state index in [0.717, 1.165) is 17.7 Å².